The zero-order chi connectivity index (χ0) is 26.1. The Kier molecular flexibility index (Phi) is 6.96. The quantitative estimate of drug-likeness (QED) is 0.432. The smallest absolute Gasteiger partial charge is 0.227 e. The first-order chi connectivity index (χ1) is 18.5. The van der Waals surface area contributed by atoms with Gasteiger partial charge in [0.15, 0.2) is 0 Å². The number of benzene rings is 1. The van der Waals surface area contributed by atoms with Crippen LogP contribution in [0.2, 0.25) is 0 Å². The Morgan fingerprint density at radius 1 is 1.11 bits per heavy atom. The second-order valence-corrected chi connectivity index (χ2v) is 11.0. The first kappa shape index (κ1) is 24.8. The van der Waals surface area contributed by atoms with Gasteiger partial charge in [0.25, 0.3) is 0 Å². The molecular formula is C30H34FN5O2. The molecule has 8 heteroatoms. The van der Waals surface area contributed by atoms with E-state index >= 15 is 0 Å². The van der Waals surface area contributed by atoms with Crippen molar-refractivity contribution in [2.75, 3.05) is 24.6 Å². The van der Waals surface area contributed by atoms with Gasteiger partial charge in [-0.15, -0.1) is 0 Å². The Balaban J connectivity index is 0.922. The lowest BCUT2D eigenvalue weighted by molar-refractivity contribution is -0.131. The molecule has 0 bridgehead atoms. The van der Waals surface area contributed by atoms with Crippen molar-refractivity contribution in [3.8, 4) is 5.75 Å². The number of aromatic nitrogens is 3. The molecule has 0 spiro atoms. The second-order valence-electron chi connectivity index (χ2n) is 11.0. The van der Waals surface area contributed by atoms with E-state index in [1.54, 1.807) is 23.2 Å². The molecule has 4 heterocycles. The highest BCUT2D eigenvalue weighted by atomic mass is 19.1. The van der Waals surface area contributed by atoms with Gasteiger partial charge < -0.3 is 14.5 Å². The van der Waals surface area contributed by atoms with Gasteiger partial charge in [0.2, 0.25) is 11.9 Å². The van der Waals surface area contributed by atoms with Crippen LogP contribution >= 0.6 is 0 Å². The fourth-order valence-electron chi connectivity index (χ4n) is 6.00. The number of hydrogen-bond donors (Lipinski definition) is 0. The average Bonchev–Trinajstić information content (AvgIpc) is 3.57. The van der Waals surface area contributed by atoms with E-state index in [-0.39, 0.29) is 18.1 Å². The molecule has 2 aliphatic heterocycles. The molecule has 6 rings (SSSR count). The third-order valence-electron chi connectivity index (χ3n) is 8.34. The molecule has 1 aromatic carbocycles. The van der Waals surface area contributed by atoms with Gasteiger partial charge in [0.1, 0.15) is 11.6 Å². The van der Waals surface area contributed by atoms with Crippen molar-refractivity contribution < 1.29 is 13.9 Å². The van der Waals surface area contributed by atoms with Crippen LogP contribution < -0.4 is 9.64 Å². The van der Waals surface area contributed by atoms with Gasteiger partial charge in [-0.05, 0) is 79.2 Å². The second kappa shape index (κ2) is 10.7. The van der Waals surface area contributed by atoms with Gasteiger partial charge in [-0.25, -0.2) is 14.4 Å². The number of piperidine rings is 1. The molecule has 2 atom stereocenters. The summed E-state index contributed by atoms with van der Waals surface area (Å²) in [6, 6.07) is 8.72. The van der Waals surface area contributed by atoms with Gasteiger partial charge in [-0.3, -0.25) is 9.78 Å². The van der Waals surface area contributed by atoms with E-state index in [2.05, 4.69) is 19.9 Å². The highest BCUT2D eigenvalue weighted by Gasteiger charge is 2.43. The summed E-state index contributed by atoms with van der Waals surface area (Å²) in [6.45, 7) is 5.66. The van der Waals surface area contributed by atoms with Gasteiger partial charge in [0, 0.05) is 44.3 Å². The van der Waals surface area contributed by atoms with E-state index in [1.165, 1.54) is 25.3 Å². The highest BCUT2D eigenvalue weighted by Crippen LogP contribution is 2.49. The lowest BCUT2D eigenvalue weighted by atomic mass is 9.90. The summed E-state index contributed by atoms with van der Waals surface area (Å²) >= 11 is 0. The number of anilines is 1. The third kappa shape index (κ3) is 5.49. The number of pyridine rings is 1. The number of amides is 1. The largest absolute Gasteiger partial charge is 0.493 e. The van der Waals surface area contributed by atoms with E-state index < -0.39 is 0 Å². The summed E-state index contributed by atoms with van der Waals surface area (Å²) in [7, 11) is 0. The molecule has 7 nitrogen and oxygen atoms in total. The number of fused-ring (bicyclic) bond motifs is 1. The van der Waals surface area contributed by atoms with E-state index in [0.717, 1.165) is 54.1 Å². The van der Waals surface area contributed by atoms with Crippen molar-refractivity contribution in [1.29, 1.82) is 0 Å². The first-order valence-electron chi connectivity index (χ1n) is 13.7. The molecule has 0 N–H and O–H groups in total. The monoisotopic (exact) mass is 515 g/mol. The maximum atomic E-state index is 14.8. The molecule has 3 aromatic rings. The number of hydrogen-bond acceptors (Lipinski definition) is 6. The predicted molar refractivity (Wildman–Crippen MR) is 142 cm³/mol. The van der Waals surface area contributed by atoms with Crippen LogP contribution in [-0.4, -0.2) is 45.5 Å². The number of aryl methyl sites for hydroxylation is 1. The number of carbonyl (C=O) groups is 1. The summed E-state index contributed by atoms with van der Waals surface area (Å²) in [5, 5.41) is 0. The Morgan fingerprint density at radius 3 is 2.68 bits per heavy atom. The molecule has 0 radical (unpaired) electrons. The summed E-state index contributed by atoms with van der Waals surface area (Å²) in [5.41, 5.74) is 3.47. The Hall–Kier alpha value is -3.55. The van der Waals surface area contributed by atoms with Crippen LogP contribution in [0.3, 0.4) is 0 Å². The van der Waals surface area contributed by atoms with Crippen molar-refractivity contribution in [1.82, 2.24) is 19.9 Å². The van der Waals surface area contributed by atoms with Crippen LogP contribution in [0, 0.1) is 30.5 Å². The van der Waals surface area contributed by atoms with Gasteiger partial charge in [-0.2, -0.15) is 0 Å². The molecule has 2 fully saturated rings. The normalized spacial score (nSPS) is 20.9. The number of rotatable bonds is 8. The standard InChI is InChI=1S/C30H34FN5O2/c1-20-16-33-30(34-17-20)35-10-6-21(7-11-35)26-13-22(26)8-12-38-25-5-4-23(27(31)15-25)14-29(37)36-18-24-3-2-9-32-28(24)19-36/h2-5,9,15-17,21-22,26H,6-8,10-14,18-19H2,1H3/t22-,26-/m1/s1. The highest BCUT2D eigenvalue weighted by molar-refractivity contribution is 5.79. The molecule has 38 heavy (non-hydrogen) atoms. The zero-order valence-electron chi connectivity index (χ0n) is 21.9. The lowest BCUT2D eigenvalue weighted by Crippen LogP contribution is -2.35. The minimum atomic E-state index is -0.390. The van der Waals surface area contributed by atoms with Crippen molar-refractivity contribution in [3.63, 3.8) is 0 Å². The van der Waals surface area contributed by atoms with E-state index in [0.29, 0.717) is 36.9 Å². The molecule has 2 aromatic heterocycles. The molecule has 1 saturated heterocycles. The fourth-order valence-corrected chi connectivity index (χ4v) is 6.00. The van der Waals surface area contributed by atoms with Crippen LogP contribution in [-0.2, 0) is 24.3 Å². The fraction of sp³-hybridized carbons (Fsp3) is 0.467. The van der Waals surface area contributed by atoms with Gasteiger partial charge in [-0.1, -0.05) is 12.1 Å². The summed E-state index contributed by atoms with van der Waals surface area (Å²) in [6.07, 6.45) is 10.2. The van der Waals surface area contributed by atoms with Crippen LogP contribution in [0.15, 0.2) is 48.9 Å². The van der Waals surface area contributed by atoms with E-state index in [1.807, 2.05) is 31.5 Å². The van der Waals surface area contributed by atoms with Crippen LogP contribution in [0.25, 0.3) is 0 Å². The molecule has 0 unspecified atom stereocenters. The molecule has 1 amide bonds. The molecule has 198 valence electrons. The third-order valence-corrected chi connectivity index (χ3v) is 8.34. The molecule has 1 aliphatic carbocycles. The minimum Gasteiger partial charge on any atom is -0.493 e. The summed E-state index contributed by atoms with van der Waals surface area (Å²) in [4.78, 5) is 30.0. The SMILES string of the molecule is Cc1cnc(N2CCC([C@H]3C[C@H]3CCOc3ccc(CC(=O)N4Cc5cccnc5C4)c(F)c3)CC2)nc1. The zero-order valence-corrected chi connectivity index (χ0v) is 21.9. The van der Waals surface area contributed by atoms with E-state index in [9.17, 15) is 9.18 Å². The number of nitrogens with zero attached hydrogens (tertiary/aromatic N) is 5. The molecular weight excluding hydrogens is 481 g/mol. The van der Waals surface area contributed by atoms with Crippen LogP contribution in [0.5, 0.6) is 5.75 Å². The number of ether oxygens (including phenoxy) is 1. The molecule has 3 aliphatic rings. The first-order valence-corrected chi connectivity index (χ1v) is 13.7. The van der Waals surface area contributed by atoms with E-state index in [4.69, 9.17) is 4.74 Å². The number of carbonyl (C=O) groups excluding carboxylic acids is 1. The summed E-state index contributed by atoms with van der Waals surface area (Å²) in [5.74, 6) is 3.12. The Morgan fingerprint density at radius 2 is 1.92 bits per heavy atom. The minimum absolute atomic E-state index is 0.0404. The van der Waals surface area contributed by atoms with Crippen molar-refractivity contribution in [2.24, 2.45) is 17.8 Å². The van der Waals surface area contributed by atoms with Crippen molar-refractivity contribution >= 4 is 11.9 Å². The van der Waals surface area contributed by atoms with Crippen LogP contribution in [0.4, 0.5) is 10.3 Å². The van der Waals surface area contributed by atoms with Crippen LogP contribution in [0.1, 0.15) is 48.1 Å². The number of halogens is 1. The van der Waals surface area contributed by atoms with Gasteiger partial charge in [0.05, 0.1) is 25.3 Å². The summed E-state index contributed by atoms with van der Waals surface area (Å²) < 4.78 is 20.7. The Bertz CT molecular complexity index is 1270. The maximum absolute atomic E-state index is 14.8. The Labute approximate surface area is 223 Å². The topological polar surface area (TPSA) is 71.5 Å². The maximum Gasteiger partial charge on any atom is 0.227 e. The lowest BCUT2D eigenvalue weighted by Gasteiger charge is -2.32. The average molecular weight is 516 g/mol. The van der Waals surface area contributed by atoms with Gasteiger partial charge >= 0.3 is 0 Å². The predicted octanol–water partition coefficient (Wildman–Crippen LogP) is 4.73. The van der Waals surface area contributed by atoms with Crippen molar-refractivity contribution in [3.05, 3.63) is 77.1 Å². The van der Waals surface area contributed by atoms with Crippen molar-refractivity contribution in [2.45, 2.75) is 52.1 Å². The molecule has 1 saturated carbocycles.